The lowest BCUT2D eigenvalue weighted by molar-refractivity contribution is -0.689. The normalized spacial score (nSPS) is 22.3. The SMILES string of the molecule is Nc1nc(/C(=N/OC2CCCC2)C(=O)NC2C(=O)N3C(C(=O)[O-])=C(C[n+]4ccccc4)CS[C@H]23)ns1. The summed E-state index contributed by atoms with van der Waals surface area (Å²) in [6, 6.07) is 4.57. The van der Waals surface area contributed by atoms with Crippen LogP contribution >= 0.6 is 23.3 Å². The van der Waals surface area contributed by atoms with E-state index in [9.17, 15) is 19.5 Å². The zero-order chi connectivity index (χ0) is 25.2. The zero-order valence-electron chi connectivity index (χ0n) is 19.0. The number of nitrogens with zero attached hydrogens (tertiary/aromatic N) is 5. The summed E-state index contributed by atoms with van der Waals surface area (Å²) in [6.07, 6.45) is 7.23. The van der Waals surface area contributed by atoms with E-state index in [0.717, 1.165) is 37.2 Å². The fourth-order valence-corrected chi connectivity index (χ4v) is 6.17. The highest BCUT2D eigenvalue weighted by Gasteiger charge is 2.53. The number of carboxylic acid groups (broad SMARTS) is 1. The second-order valence-electron chi connectivity index (χ2n) is 8.56. The molecule has 14 heteroatoms. The molecule has 0 radical (unpaired) electrons. The molecule has 0 bridgehead atoms. The summed E-state index contributed by atoms with van der Waals surface area (Å²) in [7, 11) is 0. The molecule has 2 aliphatic heterocycles. The highest BCUT2D eigenvalue weighted by Crippen LogP contribution is 2.40. The van der Waals surface area contributed by atoms with Crippen LogP contribution in [0, 0.1) is 0 Å². The van der Waals surface area contributed by atoms with E-state index < -0.39 is 29.2 Å². The standard InChI is InChI=1S/C22H23N7O5S2/c23-22-25-17(27-36-22)14(26-34-13-6-2-3-7-13)18(30)24-15-19(31)29-16(21(32)33)12(11-35-20(15)29)10-28-8-4-1-5-9-28/h1,4-5,8-9,13,15,20H,2-3,6-7,10-11H2,(H3-,23,24,25,27,30,32,33)/b26-14-/t15?,20-/m1/s1. The fourth-order valence-electron chi connectivity index (χ4n) is 4.40. The first kappa shape index (κ1) is 24.2. The number of carbonyl (C=O) groups excluding carboxylic acids is 3. The number of aromatic nitrogens is 3. The van der Waals surface area contributed by atoms with Gasteiger partial charge in [0, 0.05) is 35.0 Å². The zero-order valence-corrected chi connectivity index (χ0v) is 20.7. The average Bonchev–Trinajstić information content (AvgIpc) is 3.55. The molecule has 36 heavy (non-hydrogen) atoms. The van der Waals surface area contributed by atoms with Crippen LogP contribution in [-0.4, -0.2) is 61.0 Å². The van der Waals surface area contributed by atoms with Crippen molar-refractivity contribution in [3.63, 3.8) is 0 Å². The van der Waals surface area contributed by atoms with E-state index >= 15 is 0 Å². The molecule has 0 aromatic carbocycles. The Morgan fingerprint density at radius 1 is 1.28 bits per heavy atom. The van der Waals surface area contributed by atoms with Gasteiger partial charge in [-0.05, 0) is 25.7 Å². The van der Waals surface area contributed by atoms with Crippen molar-refractivity contribution in [3.05, 3.63) is 47.7 Å². The molecule has 2 aromatic rings. The number of hydrogen-bond acceptors (Lipinski definition) is 11. The Morgan fingerprint density at radius 2 is 2.03 bits per heavy atom. The van der Waals surface area contributed by atoms with Gasteiger partial charge in [-0.1, -0.05) is 11.2 Å². The Balaban J connectivity index is 1.33. The summed E-state index contributed by atoms with van der Waals surface area (Å²) in [4.78, 5) is 48.9. The molecule has 1 aliphatic carbocycles. The predicted molar refractivity (Wildman–Crippen MR) is 128 cm³/mol. The molecule has 2 amide bonds. The number of nitrogen functional groups attached to an aromatic ring is 1. The van der Waals surface area contributed by atoms with Crippen LogP contribution in [0.3, 0.4) is 0 Å². The number of anilines is 1. The summed E-state index contributed by atoms with van der Waals surface area (Å²) in [5.74, 6) is -2.31. The van der Waals surface area contributed by atoms with E-state index in [4.69, 9.17) is 10.6 Å². The fraction of sp³-hybridized carbons (Fsp3) is 0.409. The number of rotatable bonds is 8. The lowest BCUT2D eigenvalue weighted by atomic mass is 10.0. The molecule has 0 spiro atoms. The van der Waals surface area contributed by atoms with Crippen molar-refractivity contribution in [1.29, 1.82) is 0 Å². The minimum atomic E-state index is -1.43. The number of oxime groups is 1. The number of pyridine rings is 1. The minimum absolute atomic E-state index is 0.00501. The minimum Gasteiger partial charge on any atom is -0.543 e. The van der Waals surface area contributed by atoms with Crippen molar-refractivity contribution >= 4 is 51.9 Å². The maximum absolute atomic E-state index is 13.1. The number of hydrogen-bond donors (Lipinski definition) is 2. The van der Waals surface area contributed by atoms with Crippen molar-refractivity contribution in [1.82, 2.24) is 19.6 Å². The van der Waals surface area contributed by atoms with Crippen molar-refractivity contribution in [2.75, 3.05) is 11.5 Å². The van der Waals surface area contributed by atoms with Crippen LogP contribution in [0.1, 0.15) is 31.5 Å². The van der Waals surface area contributed by atoms with Gasteiger partial charge in [-0.25, -0.2) is 4.57 Å². The van der Waals surface area contributed by atoms with Crippen LogP contribution in [0.5, 0.6) is 0 Å². The predicted octanol–water partition coefficient (Wildman–Crippen LogP) is -0.825. The van der Waals surface area contributed by atoms with Crippen LogP contribution in [0.4, 0.5) is 5.13 Å². The first-order chi connectivity index (χ1) is 17.4. The molecular weight excluding hydrogens is 506 g/mol. The summed E-state index contributed by atoms with van der Waals surface area (Å²) < 4.78 is 5.88. The van der Waals surface area contributed by atoms with E-state index in [2.05, 4.69) is 19.8 Å². The Morgan fingerprint density at radius 3 is 2.69 bits per heavy atom. The third-order valence-electron chi connectivity index (χ3n) is 6.14. The van der Waals surface area contributed by atoms with Crippen molar-refractivity contribution in [2.24, 2.45) is 5.16 Å². The first-order valence-corrected chi connectivity index (χ1v) is 13.2. The van der Waals surface area contributed by atoms with E-state index in [1.54, 1.807) is 0 Å². The Bertz CT molecular complexity index is 1240. The highest BCUT2D eigenvalue weighted by atomic mass is 32.2. The van der Waals surface area contributed by atoms with Crippen molar-refractivity contribution < 1.29 is 28.9 Å². The summed E-state index contributed by atoms with van der Waals surface area (Å²) in [6.45, 7) is 0.302. The molecule has 2 atom stereocenters. The molecule has 3 aliphatic rings. The Hall–Kier alpha value is -3.52. The quantitative estimate of drug-likeness (QED) is 0.192. The third kappa shape index (κ3) is 4.78. The molecule has 1 saturated carbocycles. The molecule has 3 N–H and O–H groups in total. The highest BCUT2D eigenvalue weighted by molar-refractivity contribution is 8.00. The van der Waals surface area contributed by atoms with Gasteiger partial charge in [-0.3, -0.25) is 14.5 Å². The summed E-state index contributed by atoms with van der Waals surface area (Å²) in [5, 5.41) is 18.2. The lowest BCUT2D eigenvalue weighted by Crippen LogP contribution is -2.71. The number of carboxylic acids is 1. The Labute approximate surface area is 214 Å². The van der Waals surface area contributed by atoms with Crippen LogP contribution in [0.25, 0.3) is 0 Å². The second-order valence-corrected chi connectivity index (χ2v) is 10.4. The van der Waals surface area contributed by atoms with Gasteiger partial charge in [0.05, 0.1) is 11.7 Å². The van der Waals surface area contributed by atoms with Gasteiger partial charge in [0.25, 0.3) is 11.8 Å². The number of nitrogens with two attached hydrogens (primary N) is 1. The number of carbonyl (C=O) groups is 3. The molecular formula is C22H23N7O5S2. The largest absolute Gasteiger partial charge is 0.543 e. The van der Waals surface area contributed by atoms with Crippen LogP contribution in [-0.2, 0) is 25.8 Å². The average molecular weight is 530 g/mol. The molecule has 2 aromatic heterocycles. The molecule has 1 unspecified atom stereocenters. The van der Waals surface area contributed by atoms with Crippen molar-refractivity contribution in [3.8, 4) is 0 Å². The van der Waals surface area contributed by atoms with Gasteiger partial charge >= 0.3 is 0 Å². The summed E-state index contributed by atoms with van der Waals surface area (Å²) >= 11 is 2.28. The van der Waals surface area contributed by atoms with Gasteiger partial charge in [0.2, 0.25) is 11.5 Å². The molecule has 1 saturated heterocycles. The van der Waals surface area contributed by atoms with E-state index in [1.165, 1.54) is 16.7 Å². The number of nitrogens with one attached hydrogen (secondary N) is 1. The van der Waals surface area contributed by atoms with Gasteiger partial charge in [0.1, 0.15) is 17.5 Å². The molecule has 5 rings (SSSR count). The number of β-lactam (4-membered cyclic amide) rings is 1. The van der Waals surface area contributed by atoms with Gasteiger partial charge < -0.3 is 25.8 Å². The smallest absolute Gasteiger partial charge is 0.278 e. The number of thioether (sulfide) groups is 1. The molecule has 188 valence electrons. The second kappa shape index (κ2) is 10.2. The molecule has 4 heterocycles. The first-order valence-electron chi connectivity index (χ1n) is 11.4. The Kier molecular flexibility index (Phi) is 6.87. The van der Waals surface area contributed by atoms with E-state index in [1.807, 2.05) is 35.2 Å². The van der Waals surface area contributed by atoms with Crippen LogP contribution < -0.4 is 20.7 Å². The van der Waals surface area contributed by atoms with Crippen LogP contribution in [0.2, 0.25) is 0 Å². The van der Waals surface area contributed by atoms with Gasteiger partial charge in [-0.2, -0.15) is 9.36 Å². The van der Waals surface area contributed by atoms with Crippen LogP contribution in [0.15, 0.2) is 47.0 Å². The van der Waals surface area contributed by atoms with Crippen molar-refractivity contribution in [2.45, 2.75) is 49.7 Å². The summed E-state index contributed by atoms with van der Waals surface area (Å²) in [5.41, 5.74) is 5.90. The number of aliphatic carboxylic acids is 1. The number of amides is 2. The maximum Gasteiger partial charge on any atom is 0.278 e. The topological polar surface area (TPSA) is 167 Å². The maximum atomic E-state index is 13.1. The van der Waals surface area contributed by atoms with E-state index in [0.29, 0.717) is 17.9 Å². The van der Waals surface area contributed by atoms with Gasteiger partial charge in [-0.15, -0.1) is 11.8 Å². The monoisotopic (exact) mass is 529 g/mol. The molecule has 2 fully saturated rings. The number of fused-ring (bicyclic) bond motifs is 1. The lowest BCUT2D eigenvalue weighted by Gasteiger charge is -2.50. The van der Waals surface area contributed by atoms with E-state index in [-0.39, 0.29) is 28.5 Å². The third-order valence-corrected chi connectivity index (χ3v) is 8.02. The van der Waals surface area contributed by atoms with Gasteiger partial charge in [0.15, 0.2) is 24.1 Å². The molecule has 12 nitrogen and oxygen atoms in total.